The molecule has 0 atom stereocenters. The van der Waals surface area contributed by atoms with E-state index < -0.39 is 5.97 Å². The number of halogens is 1. The minimum atomic E-state index is -0.474. The first-order chi connectivity index (χ1) is 14.5. The maximum absolute atomic E-state index is 12.5. The molecule has 1 heterocycles. The van der Waals surface area contributed by atoms with Gasteiger partial charge in [0.05, 0.1) is 19.3 Å². The average Bonchev–Trinajstić information content (AvgIpc) is 3.03. The first kappa shape index (κ1) is 21.3. The van der Waals surface area contributed by atoms with Crippen LogP contribution in [0.3, 0.4) is 0 Å². The SMILES string of the molecule is COC(=O)COc1ccc(C(=O)/C=C/c2c(C)nn(Cc3ccccc3)c2Cl)cc1. The third kappa shape index (κ3) is 5.36. The van der Waals surface area contributed by atoms with E-state index in [1.54, 1.807) is 35.0 Å². The number of methoxy groups -OCH3 is 1. The number of nitrogens with zero attached hydrogens (tertiary/aromatic N) is 2. The minimum absolute atomic E-state index is 0.180. The van der Waals surface area contributed by atoms with Crippen LogP contribution in [0, 0.1) is 6.92 Å². The number of aromatic nitrogens is 2. The maximum atomic E-state index is 12.5. The van der Waals surface area contributed by atoms with E-state index in [2.05, 4.69) is 9.84 Å². The lowest BCUT2D eigenvalue weighted by atomic mass is 10.1. The Bertz CT molecular complexity index is 1060. The van der Waals surface area contributed by atoms with Gasteiger partial charge in [-0.25, -0.2) is 9.48 Å². The van der Waals surface area contributed by atoms with Gasteiger partial charge in [-0.1, -0.05) is 41.9 Å². The number of carbonyl (C=O) groups is 2. The predicted octanol–water partition coefficient (Wildman–Crippen LogP) is 4.34. The first-order valence-electron chi connectivity index (χ1n) is 9.27. The number of ether oxygens (including phenoxy) is 2. The summed E-state index contributed by atoms with van der Waals surface area (Å²) in [5.74, 6) is -0.180. The van der Waals surface area contributed by atoms with Gasteiger partial charge in [-0.3, -0.25) is 4.79 Å². The molecule has 1 aromatic heterocycles. The molecule has 0 aliphatic heterocycles. The van der Waals surface area contributed by atoms with Gasteiger partial charge in [-0.15, -0.1) is 0 Å². The van der Waals surface area contributed by atoms with Crippen molar-refractivity contribution in [1.29, 1.82) is 0 Å². The number of esters is 1. The van der Waals surface area contributed by atoms with Crippen LogP contribution < -0.4 is 4.74 Å². The highest BCUT2D eigenvalue weighted by molar-refractivity contribution is 6.31. The number of carbonyl (C=O) groups excluding carboxylic acids is 2. The van der Waals surface area contributed by atoms with Crippen LogP contribution in [-0.4, -0.2) is 35.2 Å². The lowest BCUT2D eigenvalue weighted by Crippen LogP contribution is -2.12. The normalized spacial score (nSPS) is 10.9. The van der Waals surface area contributed by atoms with Crippen LogP contribution in [0.4, 0.5) is 0 Å². The lowest BCUT2D eigenvalue weighted by Gasteiger charge is -2.05. The standard InChI is InChI=1S/C23H21ClN2O4/c1-16-20(23(24)26(25-16)14-17-6-4-3-5-7-17)12-13-21(27)18-8-10-19(11-9-18)30-15-22(28)29-2/h3-13H,14-15H2,1-2H3/b13-12+. The fourth-order valence-electron chi connectivity index (χ4n) is 2.79. The number of rotatable bonds is 8. The van der Waals surface area contributed by atoms with Gasteiger partial charge in [0.15, 0.2) is 12.4 Å². The summed E-state index contributed by atoms with van der Waals surface area (Å²) in [5.41, 5.74) is 3.02. The van der Waals surface area contributed by atoms with E-state index in [1.165, 1.54) is 13.2 Å². The lowest BCUT2D eigenvalue weighted by molar-refractivity contribution is -0.142. The highest BCUT2D eigenvalue weighted by Gasteiger charge is 2.12. The Balaban J connectivity index is 1.68. The summed E-state index contributed by atoms with van der Waals surface area (Å²) in [7, 11) is 1.29. The van der Waals surface area contributed by atoms with E-state index in [0.717, 1.165) is 11.3 Å². The van der Waals surface area contributed by atoms with Crippen molar-refractivity contribution in [2.24, 2.45) is 0 Å². The van der Waals surface area contributed by atoms with Gasteiger partial charge in [0.1, 0.15) is 10.9 Å². The summed E-state index contributed by atoms with van der Waals surface area (Å²) in [6, 6.07) is 16.4. The van der Waals surface area contributed by atoms with E-state index in [-0.39, 0.29) is 12.4 Å². The van der Waals surface area contributed by atoms with Crippen molar-refractivity contribution < 1.29 is 19.1 Å². The number of ketones is 1. The van der Waals surface area contributed by atoms with Crippen LogP contribution in [0.5, 0.6) is 5.75 Å². The van der Waals surface area contributed by atoms with Crippen molar-refractivity contribution in [1.82, 2.24) is 9.78 Å². The first-order valence-corrected chi connectivity index (χ1v) is 9.64. The zero-order valence-electron chi connectivity index (χ0n) is 16.7. The molecule has 0 aliphatic carbocycles. The van der Waals surface area contributed by atoms with Crippen molar-refractivity contribution in [3.05, 3.63) is 88.2 Å². The number of allylic oxidation sites excluding steroid dienone is 1. The molecule has 0 unspecified atom stereocenters. The fourth-order valence-corrected chi connectivity index (χ4v) is 3.09. The summed E-state index contributed by atoms with van der Waals surface area (Å²) in [4.78, 5) is 23.6. The van der Waals surface area contributed by atoms with Crippen molar-refractivity contribution in [3.63, 3.8) is 0 Å². The van der Waals surface area contributed by atoms with Crippen LogP contribution in [0.25, 0.3) is 6.08 Å². The Morgan fingerprint density at radius 3 is 2.47 bits per heavy atom. The molecule has 2 aromatic carbocycles. The van der Waals surface area contributed by atoms with E-state index in [0.29, 0.717) is 28.6 Å². The number of hydrogen-bond donors (Lipinski definition) is 0. The van der Waals surface area contributed by atoms with E-state index >= 15 is 0 Å². The summed E-state index contributed by atoms with van der Waals surface area (Å²) < 4.78 is 11.5. The van der Waals surface area contributed by atoms with Crippen LogP contribution >= 0.6 is 11.6 Å². The monoisotopic (exact) mass is 424 g/mol. The number of aryl methyl sites for hydroxylation is 1. The van der Waals surface area contributed by atoms with Gasteiger partial charge in [0, 0.05) is 11.1 Å². The molecular weight excluding hydrogens is 404 g/mol. The molecule has 3 aromatic rings. The molecule has 0 fully saturated rings. The van der Waals surface area contributed by atoms with Crippen molar-refractivity contribution >= 4 is 29.4 Å². The van der Waals surface area contributed by atoms with Gasteiger partial charge in [-0.2, -0.15) is 5.10 Å². The van der Waals surface area contributed by atoms with Crippen molar-refractivity contribution in [3.8, 4) is 5.75 Å². The smallest absolute Gasteiger partial charge is 0.343 e. The zero-order valence-corrected chi connectivity index (χ0v) is 17.4. The number of benzene rings is 2. The van der Waals surface area contributed by atoms with E-state index in [4.69, 9.17) is 16.3 Å². The molecule has 0 spiro atoms. The number of hydrogen-bond acceptors (Lipinski definition) is 5. The minimum Gasteiger partial charge on any atom is -0.482 e. The van der Waals surface area contributed by atoms with Crippen LogP contribution in [0.1, 0.15) is 27.2 Å². The zero-order chi connectivity index (χ0) is 21.5. The quantitative estimate of drug-likeness (QED) is 0.305. The molecule has 7 heteroatoms. The molecule has 0 N–H and O–H groups in total. The third-order valence-corrected chi connectivity index (χ3v) is 4.81. The third-order valence-electron chi connectivity index (χ3n) is 4.41. The van der Waals surface area contributed by atoms with E-state index in [9.17, 15) is 9.59 Å². The van der Waals surface area contributed by atoms with Gasteiger partial charge in [0.2, 0.25) is 0 Å². The van der Waals surface area contributed by atoms with Gasteiger partial charge >= 0.3 is 5.97 Å². The predicted molar refractivity (Wildman–Crippen MR) is 115 cm³/mol. The van der Waals surface area contributed by atoms with Crippen LogP contribution in [-0.2, 0) is 16.1 Å². The van der Waals surface area contributed by atoms with Gasteiger partial charge < -0.3 is 9.47 Å². The maximum Gasteiger partial charge on any atom is 0.343 e. The molecular formula is C23H21ClN2O4. The average molecular weight is 425 g/mol. The highest BCUT2D eigenvalue weighted by Crippen LogP contribution is 2.23. The van der Waals surface area contributed by atoms with Crippen LogP contribution in [0.15, 0.2) is 60.7 Å². The topological polar surface area (TPSA) is 70.4 Å². The molecule has 0 bridgehead atoms. The highest BCUT2D eigenvalue weighted by atomic mass is 35.5. The molecule has 0 amide bonds. The summed E-state index contributed by atoms with van der Waals surface area (Å²) in [6.45, 7) is 2.22. The Labute approximate surface area is 179 Å². The molecule has 30 heavy (non-hydrogen) atoms. The second-order valence-corrected chi connectivity index (χ2v) is 6.88. The molecule has 0 saturated heterocycles. The summed E-state index contributed by atoms with van der Waals surface area (Å²) in [6.07, 6.45) is 3.14. The summed E-state index contributed by atoms with van der Waals surface area (Å²) >= 11 is 6.49. The van der Waals surface area contributed by atoms with E-state index in [1.807, 2.05) is 37.3 Å². The molecule has 3 rings (SSSR count). The Morgan fingerprint density at radius 2 is 1.80 bits per heavy atom. The van der Waals surface area contributed by atoms with Crippen LogP contribution in [0.2, 0.25) is 5.15 Å². The molecule has 0 saturated carbocycles. The molecule has 154 valence electrons. The molecule has 0 radical (unpaired) electrons. The second-order valence-electron chi connectivity index (χ2n) is 6.52. The van der Waals surface area contributed by atoms with Crippen molar-refractivity contribution in [2.75, 3.05) is 13.7 Å². The largest absolute Gasteiger partial charge is 0.482 e. The fraction of sp³-hybridized carbons (Fsp3) is 0.174. The van der Waals surface area contributed by atoms with Crippen molar-refractivity contribution in [2.45, 2.75) is 13.5 Å². The summed E-state index contributed by atoms with van der Waals surface area (Å²) in [5, 5.41) is 4.96. The molecule has 6 nitrogen and oxygen atoms in total. The van der Waals surface area contributed by atoms with Gasteiger partial charge in [0.25, 0.3) is 0 Å². The second kappa shape index (κ2) is 9.89. The Morgan fingerprint density at radius 1 is 1.10 bits per heavy atom. The Hall–Kier alpha value is -3.38. The van der Waals surface area contributed by atoms with Gasteiger partial charge in [-0.05, 0) is 48.9 Å². The Kier molecular flexibility index (Phi) is 7.03. The molecule has 0 aliphatic rings.